The van der Waals surface area contributed by atoms with Crippen LogP contribution >= 0.6 is 11.6 Å². The van der Waals surface area contributed by atoms with Gasteiger partial charge in [-0.05, 0) is 31.1 Å². The summed E-state index contributed by atoms with van der Waals surface area (Å²) < 4.78 is 31.3. The van der Waals surface area contributed by atoms with Gasteiger partial charge in [0.1, 0.15) is 17.7 Å². The van der Waals surface area contributed by atoms with Gasteiger partial charge >= 0.3 is 0 Å². The first-order chi connectivity index (χ1) is 15.3. The van der Waals surface area contributed by atoms with E-state index in [0.717, 1.165) is 16.5 Å². The third kappa shape index (κ3) is 3.86. The van der Waals surface area contributed by atoms with Crippen molar-refractivity contribution in [2.45, 2.75) is 26.4 Å². The minimum absolute atomic E-state index is 0.0444. The van der Waals surface area contributed by atoms with E-state index >= 15 is 0 Å². The van der Waals surface area contributed by atoms with Crippen LogP contribution in [0.3, 0.4) is 0 Å². The van der Waals surface area contributed by atoms with Crippen LogP contribution in [0.1, 0.15) is 37.5 Å². The van der Waals surface area contributed by atoms with E-state index in [1.54, 1.807) is 31.2 Å². The number of halogens is 2. The Morgan fingerprint density at radius 1 is 1.41 bits per heavy atom. The lowest BCUT2D eigenvalue weighted by molar-refractivity contribution is -0.128. The minimum Gasteiger partial charge on any atom is -0.496 e. The summed E-state index contributed by atoms with van der Waals surface area (Å²) in [5.41, 5.74) is 8.81. The quantitative estimate of drug-likeness (QED) is 0.578. The Morgan fingerprint density at radius 3 is 2.84 bits per heavy atom. The molecule has 0 saturated carbocycles. The second-order valence-electron chi connectivity index (χ2n) is 7.55. The number of nitrogen functional groups attached to an aromatic ring is 1. The van der Waals surface area contributed by atoms with Crippen molar-refractivity contribution in [2.24, 2.45) is 0 Å². The van der Waals surface area contributed by atoms with Crippen LogP contribution in [0.15, 0.2) is 35.1 Å². The number of methoxy groups -OCH3 is 1. The monoisotopic (exact) mass is 459 g/mol. The number of pyridine rings is 1. The number of fused-ring (bicyclic) bond motifs is 1. The molecule has 3 aromatic rings. The lowest BCUT2D eigenvalue weighted by Crippen LogP contribution is -2.32. The van der Waals surface area contributed by atoms with E-state index in [0.29, 0.717) is 36.4 Å². The van der Waals surface area contributed by atoms with Crippen LogP contribution in [-0.2, 0) is 4.79 Å². The summed E-state index contributed by atoms with van der Waals surface area (Å²) in [4.78, 5) is 17.6. The molecule has 0 saturated heterocycles. The number of amides is 1. The number of furan rings is 1. The second-order valence-corrected chi connectivity index (χ2v) is 7.92. The van der Waals surface area contributed by atoms with Crippen molar-refractivity contribution in [1.29, 1.82) is 0 Å². The molecule has 1 aliphatic rings. The van der Waals surface area contributed by atoms with Gasteiger partial charge in [-0.15, -0.1) is 0 Å². The summed E-state index contributed by atoms with van der Waals surface area (Å²) in [7, 11) is 1.47. The smallest absolute Gasteiger partial charge is 0.219 e. The molecule has 1 aromatic carbocycles. The molecule has 0 spiro atoms. The van der Waals surface area contributed by atoms with Crippen molar-refractivity contribution in [3.8, 4) is 11.5 Å². The average molecular weight is 460 g/mol. The highest BCUT2D eigenvalue weighted by molar-refractivity contribution is 6.31. The molecule has 1 aliphatic heterocycles. The zero-order valence-electron chi connectivity index (χ0n) is 17.9. The van der Waals surface area contributed by atoms with Crippen molar-refractivity contribution in [2.75, 3.05) is 25.9 Å². The molecule has 0 bridgehead atoms. The molecule has 3 heterocycles. The van der Waals surface area contributed by atoms with Gasteiger partial charge in [0.2, 0.25) is 11.7 Å². The summed E-state index contributed by atoms with van der Waals surface area (Å²) in [5, 5.41) is 0.652. The fourth-order valence-corrected chi connectivity index (χ4v) is 4.19. The molecule has 168 valence electrons. The number of benzene rings is 1. The summed E-state index contributed by atoms with van der Waals surface area (Å²) in [5.74, 6) is 0.238. The molecule has 7 nitrogen and oxygen atoms in total. The van der Waals surface area contributed by atoms with Gasteiger partial charge in [-0.2, -0.15) is 0 Å². The van der Waals surface area contributed by atoms with Gasteiger partial charge in [0.25, 0.3) is 0 Å². The maximum absolute atomic E-state index is 14.1. The Bertz CT molecular complexity index is 1220. The fraction of sp³-hybridized carbons (Fsp3) is 0.304. The molecule has 0 fully saturated rings. The van der Waals surface area contributed by atoms with Gasteiger partial charge in [-0.25, -0.2) is 9.37 Å². The normalized spacial score (nSPS) is 14.9. The number of rotatable bonds is 5. The number of hydrogen-bond donors (Lipinski definition) is 1. The molecule has 1 amide bonds. The van der Waals surface area contributed by atoms with Gasteiger partial charge in [0.05, 0.1) is 29.3 Å². The lowest BCUT2D eigenvalue weighted by Gasteiger charge is -2.25. The summed E-state index contributed by atoms with van der Waals surface area (Å²) in [6, 6.07) is 2.72. The van der Waals surface area contributed by atoms with E-state index in [1.807, 2.05) is 6.08 Å². The molecule has 2 N–H and O–H groups in total. The number of nitrogens with zero attached hydrogens (tertiary/aromatic N) is 2. The SMILES string of the molecule is COc1ccc(F)c(Cl)c1[C@@H](C)Oc1c(N)ncc2c(C3=CCN(C(C)=O)CC3)coc12. The highest BCUT2D eigenvalue weighted by Crippen LogP contribution is 2.41. The number of anilines is 1. The van der Waals surface area contributed by atoms with Crippen molar-refractivity contribution in [3.05, 3.63) is 52.6 Å². The molecule has 1 atom stereocenters. The zero-order valence-corrected chi connectivity index (χ0v) is 18.7. The largest absolute Gasteiger partial charge is 0.496 e. The van der Waals surface area contributed by atoms with Crippen LogP contribution in [-0.4, -0.2) is 36.0 Å². The van der Waals surface area contributed by atoms with Crippen LogP contribution < -0.4 is 15.2 Å². The number of aromatic nitrogens is 1. The fourth-order valence-electron chi connectivity index (χ4n) is 3.88. The number of ether oxygens (including phenoxy) is 2. The molecule has 0 unspecified atom stereocenters. The second kappa shape index (κ2) is 8.70. The van der Waals surface area contributed by atoms with Gasteiger partial charge < -0.3 is 24.5 Å². The summed E-state index contributed by atoms with van der Waals surface area (Å²) in [6.45, 7) is 4.45. The number of carbonyl (C=O) groups excluding carboxylic acids is 1. The van der Waals surface area contributed by atoms with E-state index in [1.165, 1.54) is 19.2 Å². The zero-order chi connectivity index (χ0) is 23.0. The van der Waals surface area contributed by atoms with Gasteiger partial charge in [0, 0.05) is 31.8 Å². The van der Waals surface area contributed by atoms with Gasteiger partial charge in [-0.3, -0.25) is 4.79 Å². The van der Waals surface area contributed by atoms with Crippen molar-refractivity contribution in [1.82, 2.24) is 9.88 Å². The molecule has 4 rings (SSSR count). The maximum Gasteiger partial charge on any atom is 0.219 e. The molecular formula is C23H23ClFN3O4. The Hall–Kier alpha value is -3.26. The van der Waals surface area contributed by atoms with Crippen molar-refractivity contribution >= 4 is 39.9 Å². The van der Waals surface area contributed by atoms with Crippen LogP contribution in [0.5, 0.6) is 11.5 Å². The lowest BCUT2D eigenvalue weighted by atomic mass is 9.99. The van der Waals surface area contributed by atoms with Crippen LogP contribution in [0.2, 0.25) is 5.02 Å². The number of hydrogen-bond acceptors (Lipinski definition) is 6. The summed E-state index contributed by atoms with van der Waals surface area (Å²) >= 11 is 6.20. The summed E-state index contributed by atoms with van der Waals surface area (Å²) in [6.07, 6.45) is 5.27. The first-order valence-electron chi connectivity index (χ1n) is 10.1. The van der Waals surface area contributed by atoms with E-state index in [9.17, 15) is 9.18 Å². The predicted octanol–water partition coefficient (Wildman–Crippen LogP) is 4.99. The Balaban J connectivity index is 1.70. The van der Waals surface area contributed by atoms with Crippen LogP contribution in [0, 0.1) is 5.82 Å². The van der Waals surface area contributed by atoms with E-state index in [2.05, 4.69) is 4.98 Å². The molecule has 0 aliphatic carbocycles. The topological polar surface area (TPSA) is 90.8 Å². The predicted molar refractivity (Wildman–Crippen MR) is 120 cm³/mol. The van der Waals surface area contributed by atoms with E-state index < -0.39 is 11.9 Å². The molecule has 32 heavy (non-hydrogen) atoms. The standard InChI is InChI=1S/C23H23ClFN3O4/c1-12(19-18(30-3)5-4-17(25)20(19)24)32-22-21-15(10-27-23(22)26)16(11-31-21)14-6-8-28(9-7-14)13(2)29/h4-6,10-12H,7-9H2,1-3H3,(H2,26,27)/t12-/m1/s1. The average Bonchev–Trinajstić information content (AvgIpc) is 3.21. The maximum atomic E-state index is 14.1. The molecule has 0 radical (unpaired) electrons. The van der Waals surface area contributed by atoms with Crippen molar-refractivity contribution in [3.63, 3.8) is 0 Å². The van der Waals surface area contributed by atoms with Gasteiger partial charge in [0.15, 0.2) is 11.4 Å². The molecule has 9 heteroatoms. The first-order valence-corrected chi connectivity index (χ1v) is 10.5. The third-order valence-corrected chi connectivity index (χ3v) is 6.00. The van der Waals surface area contributed by atoms with Crippen LogP contribution in [0.25, 0.3) is 16.5 Å². The highest BCUT2D eigenvalue weighted by atomic mass is 35.5. The third-order valence-electron chi connectivity index (χ3n) is 5.62. The molecular weight excluding hydrogens is 437 g/mol. The van der Waals surface area contributed by atoms with E-state index in [4.69, 9.17) is 31.2 Å². The highest BCUT2D eigenvalue weighted by Gasteiger charge is 2.25. The Kier molecular flexibility index (Phi) is 5.97. The first kappa shape index (κ1) is 22.0. The number of nitrogens with two attached hydrogens (primary N) is 1. The minimum atomic E-state index is -0.700. The Labute approximate surface area is 189 Å². The van der Waals surface area contributed by atoms with E-state index in [-0.39, 0.29) is 22.5 Å². The van der Waals surface area contributed by atoms with Crippen LogP contribution in [0.4, 0.5) is 10.2 Å². The Morgan fingerprint density at radius 2 is 2.19 bits per heavy atom. The number of carbonyl (C=O) groups is 1. The molecule has 2 aromatic heterocycles. The van der Waals surface area contributed by atoms with Gasteiger partial charge in [-0.1, -0.05) is 17.7 Å². The van der Waals surface area contributed by atoms with Crippen molar-refractivity contribution < 1.29 is 23.1 Å².